The van der Waals surface area contributed by atoms with Gasteiger partial charge < -0.3 is 9.84 Å². The summed E-state index contributed by atoms with van der Waals surface area (Å²) in [6.45, 7) is 6.30. The maximum absolute atomic E-state index is 12.1. The lowest BCUT2D eigenvalue weighted by molar-refractivity contribution is -0.145. The Bertz CT molecular complexity index is 566. The molecule has 2 rings (SSSR count). The van der Waals surface area contributed by atoms with E-state index in [1.807, 2.05) is 12.1 Å². The van der Waals surface area contributed by atoms with E-state index in [0.29, 0.717) is 23.6 Å². The molecule has 122 valence electrons. The number of rotatable bonds is 3. The molecule has 1 aliphatic carbocycles. The SMILES string of the molecule is COc1c(Cl)cc(C(C)(C)C)cc1C1(C(=O)O)CCCCC1. The minimum Gasteiger partial charge on any atom is -0.495 e. The molecule has 1 saturated carbocycles. The summed E-state index contributed by atoms with van der Waals surface area (Å²) < 4.78 is 5.48. The molecule has 1 aromatic carbocycles. The fourth-order valence-corrected chi connectivity index (χ4v) is 3.64. The standard InChI is InChI=1S/C18H25ClO3/c1-17(2,3)12-10-13(15(22-4)14(19)11-12)18(16(20)21)8-6-5-7-9-18/h10-11H,5-9H2,1-4H3,(H,20,21). The van der Waals surface area contributed by atoms with Crippen LogP contribution in [0.1, 0.15) is 64.0 Å². The van der Waals surface area contributed by atoms with Crippen molar-refractivity contribution in [1.82, 2.24) is 0 Å². The maximum Gasteiger partial charge on any atom is 0.314 e. The molecule has 0 atom stereocenters. The summed E-state index contributed by atoms with van der Waals surface area (Å²) in [6, 6.07) is 3.88. The van der Waals surface area contributed by atoms with E-state index in [1.54, 1.807) is 7.11 Å². The van der Waals surface area contributed by atoms with Gasteiger partial charge in [-0.15, -0.1) is 0 Å². The Hall–Kier alpha value is -1.22. The highest BCUT2D eigenvalue weighted by Crippen LogP contribution is 2.47. The first-order chi connectivity index (χ1) is 10.2. The normalized spacial score (nSPS) is 18.0. The van der Waals surface area contributed by atoms with Crippen molar-refractivity contribution in [2.45, 2.75) is 63.7 Å². The molecule has 0 aromatic heterocycles. The monoisotopic (exact) mass is 324 g/mol. The Labute approximate surface area is 137 Å². The fourth-order valence-electron chi connectivity index (χ4n) is 3.34. The molecule has 1 aliphatic rings. The van der Waals surface area contributed by atoms with Gasteiger partial charge in [-0.3, -0.25) is 4.79 Å². The van der Waals surface area contributed by atoms with Gasteiger partial charge in [-0.25, -0.2) is 0 Å². The summed E-state index contributed by atoms with van der Waals surface area (Å²) in [6.07, 6.45) is 4.22. The van der Waals surface area contributed by atoms with E-state index in [9.17, 15) is 9.90 Å². The van der Waals surface area contributed by atoms with E-state index >= 15 is 0 Å². The van der Waals surface area contributed by atoms with Crippen molar-refractivity contribution in [3.63, 3.8) is 0 Å². The van der Waals surface area contributed by atoms with Crippen molar-refractivity contribution in [3.05, 3.63) is 28.3 Å². The minimum atomic E-state index is -0.880. The van der Waals surface area contributed by atoms with Crippen LogP contribution in [0.15, 0.2) is 12.1 Å². The van der Waals surface area contributed by atoms with E-state index in [1.165, 1.54) is 0 Å². The predicted molar refractivity (Wildman–Crippen MR) is 89.1 cm³/mol. The minimum absolute atomic E-state index is 0.0982. The number of benzene rings is 1. The molecule has 0 unspecified atom stereocenters. The predicted octanol–water partition coefficient (Wildman–Crippen LogP) is 4.93. The van der Waals surface area contributed by atoms with E-state index in [2.05, 4.69) is 20.8 Å². The number of ether oxygens (including phenoxy) is 1. The van der Waals surface area contributed by atoms with E-state index in [-0.39, 0.29) is 5.41 Å². The van der Waals surface area contributed by atoms with Crippen molar-refractivity contribution >= 4 is 17.6 Å². The second-order valence-corrected chi connectivity index (χ2v) is 7.64. The van der Waals surface area contributed by atoms with Gasteiger partial charge in [0.1, 0.15) is 5.75 Å². The fraction of sp³-hybridized carbons (Fsp3) is 0.611. The van der Waals surface area contributed by atoms with Gasteiger partial charge in [-0.2, -0.15) is 0 Å². The zero-order valence-corrected chi connectivity index (χ0v) is 14.6. The van der Waals surface area contributed by atoms with Crippen molar-refractivity contribution in [1.29, 1.82) is 0 Å². The average molecular weight is 325 g/mol. The second kappa shape index (κ2) is 6.11. The molecule has 1 fully saturated rings. The summed E-state index contributed by atoms with van der Waals surface area (Å²) in [5.74, 6) is -0.258. The number of carbonyl (C=O) groups is 1. The molecule has 0 spiro atoms. The van der Waals surface area contributed by atoms with Gasteiger partial charge >= 0.3 is 5.97 Å². The summed E-state index contributed by atoms with van der Waals surface area (Å²) in [5.41, 5.74) is 0.798. The van der Waals surface area contributed by atoms with Crippen LogP contribution < -0.4 is 4.74 Å². The van der Waals surface area contributed by atoms with Crippen LogP contribution in [-0.4, -0.2) is 18.2 Å². The number of hydrogen-bond acceptors (Lipinski definition) is 2. The molecule has 1 N–H and O–H groups in total. The number of carboxylic acids is 1. The van der Waals surface area contributed by atoms with Crippen LogP contribution >= 0.6 is 11.6 Å². The Kier molecular flexibility index (Phi) is 4.76. The smallest absolute Gasteiger partial charge is 0.314 e. The molecule has 0 aliphatic heterocycles. The number of aliphatic carboxylic acids is 1. The lowest BCUT2D eigenvalue weighted by Gasteiger charge is -2.36. The largest absolute Gasteiger partial charge is 0.495 e. The number of carboxylic acid groups (broad SMARTS) is 1. The first-order valence-electron chi connectivity index (χ1n) is 7.84. The maximum atomic E-state index is 12.1. The van der Waals surface area contributed by atoms with E-state index in [0.717, 1.165) is 30.4 Å². The van der Waals surface area contributed by atoms with Crippen LogP contribution in [0.4, 0.5) is 0 Å². The van der Waals surface area contributed by atoms with Crippen LogP contribution in [0.2, 0.25) is 5.02 Å². The quantitative estimate of drug-likeness (QED) is 0.857. The lowest BCUT2D eigenvalue weighted by Crippen LogP contribution is -2.38. The zero-order valence-electron chi connectivity index (χ0n) is 13.8. The van der Waals surface area contributed by atoms with Crippen molar-refractivity contribution < 1.29 is 14.6 Å². The van der Waals surface area contributed by atoms with Gasteiger partial charge in [0, 0.05) is 5.56 Å². The number of hydrogen-bond donors (Lipinski definition) is 1. The van der Waals surface area contributed by atoms with Crippen LogP contribution in [0.25, 0.3) is 0 Å². The van der Waals surface area contributed by atoms with E-state index in [4.69, 9.17) is 16.3 Å². The summed E-state index contributed by atoms with van der Waals surface area (Å²) in [5, 5.41) is 10.4. The molecule has 0 saturated heterocycles. The third kappa shape index (κ3) is 2.96. The lowest BCUT2D eigenvalue weighted by atomic mass is 9.68. The second-order valence-electron chi connectivity index (χ2n) is 7.24. The number of halogens is 1. The highest BCUT2D eigenvalue weighted by Gasteiger charge is 2.44. The van der Waals surface area contributed by atoms with Gasteiger partial charge in [0.15, 0.2) is 0 Å². The van der Waals surface area contributed by atoms with E-state index < -0.39 is 11.4 Å². The Morgan fingerprint density at radius 1 is 1.23 bits per heavy atom. The van der Waals surface area contributed by atoms with Gasteiger partial charge in [-0.05, 0) is 29.9 Å². The molecule has 1 aromatic rings. The van der Waals surface area contributed by atoms with Gasteiger partial charge in [0.25, 0.3) is 0 Å². The number of methoxy groups -OCH3 is 1. The Balaban J connectivity index is 2.70. The van der Waals surface area contributed by atoms with Gasteiger partial charge in [0.05, 0.1) is 17.5 Å². The Morgan fingerprint density at radius 2 is 1.82 bits per heavy atom. The summed E-state index contributed by atoms with van der Waals surface area (Å²) >= 11 is 6.41. The molecule has 0 amide bonds. The van der Waals surface area contributed by atoms with Crippen molar-refractivity contribution in [3.8, 4) is 5.75 Å². The first-order valence-corrected chi connectivity index (χ1v) is 8.22. The van der Waals surface area contributed by atoms with Gasteiger partial charge in [0.2, 0.25) is 0 Å². The summed E-state index contributed by atoms with van der Waals surface area (Å²) in [7, 11) is 1.56. The Morgan fingerprint density at radius 3 is 2.27 bits per heavy atom. The van der Waals surface area contributed by atoms with Crippen LogP contribution in [0.5, 0.6) is 5.75 Å². The molecule has 0 heterocycles. The third-order valence-corrected chi connectivity index (χ3v) is 5.03. The molecule has 0 bridgehead atoms. The van der Waals surface area contributed by atoms with Crippen LogP contribution in [0, 0.1) is 0 Å². The van der Waals surface area contributed by atoms with Crippen molar-refractivity contribution in [2.24, 2.45) is 0 Å². The molecular formula is C18H25ClO3. The third-order valence-electron chi connectivity index (χ3n) is 4.75. The van der Waals surface area contributed by atoms with Gasteiger partial charge in [-0.1, -0.05) is 57.7 Å². The van der Waals surface area contributed by atoms with Crippen LogP contribution in [0.3, 0.4) is 0 Å². The molecule has 0 radical (unpaired) electrons. The summed E-state index contributed by atoms with van der Waals surface area (Å²) in [4.78, 5) is 12.1. The molecule has 3 nitrogen and oxygen atoms in total. The van der Waals surface area contributed by atoms with Crippen LogP contribution in [-0.2, 0) is 15.6 Å². The molecule has 4 heteroatoms. The highest BCUT2D eigenvalue weighted by atomic mass is 35.5. The zero-order chi connectivity index (χ0) is 16.5. The average Bonchev–Trinajstić information content (AvgIpc) is 2.46. The highest BCUT2D eigenvalue weighted by molar-refractivity contribution is 6.32. The topological polar surface area (TPSA) is 46.5 Å². The van der Waals surface area contributed by atoms with Crippen molar-refractivity contribution in [2.75, 3.05) is 7.11 Å². The molecular weight excluding hydrogens is 300 g/mol. The first kappa shape index (κ1) is 17.1. The molecule has 22 heavy (non-hydrogen) atoms.